The molecule has 9 nitrogen and oxygen atoms in total. The second kappa shape index (κ2) is 8.42. The minimum absolute atomic E-state index is 0.0278. The highest BCUT2D eigenvalue weighted by Crippen LogP contribution is 2.30. The van der Waals surface area contributed by atoms with E-state index in [1.54, 1.807) is 18.2 Å². The Morgan fingerprint density at radius 2 is 1.83 bits per heavy atom. The highest BCUT2D eigenvalue weighted by atomic mass is 16.5. The largest absolute Gasteiger partial charge is 0.490 e. The Balaban J connectivity index is 1.43. The summed E-state index contributed by atoms with van der Waals surface area (Å²) in [5.74, 6) is 1.14. The van der Waals surface area contributed by atoms with E-state index in [2.05, 4.69) is 20.3 Å². The average molecular weight is 393 g/mol. The van der Waals surface area contributed by atoms with Crippen LogP contribution in [-0.2, 0) is 11.3 Å². The molecule has 0 bridgehead atoms. The minimum Gasteiger partial charge on any atom is -0.490 e. The Labute approximate surface area is 166 Å². The van der Waals surface area contributed by atoms with E-state index in [0.29, 0.717) is 30.3 Å². The summed E-state index contributed by atoms with van der Waals surface area (Å²) in [6.45, 7) is 0.966. The van der Waals surface area contributed by atoms with Gasteiger partial charge in [0.2, 0.25) is 11.9 Å². The van der Waals surface area contributed by atoms with E-state index in [0.717, 1.165) is 12.1 Å². The molecule has 0 fully saturated rings. The summed E-state index contributed by atoms with van der Waals surface area (Å²) in [6.07, 6.45) is 0.786. The quantitative estimate of drug-likeness (QED) is 0.630. The second-order valence-corrected chi connectivity index (χ2v) is 6.21. The van der Waals surface area contributed by atoms with Gasteiger partial charge in [-0.25, -0.2) is 4.79 Å². The van der Waals surface area contributed by atoms with Crippen LogP contribution in [0.3, 0.4) is 0 Å². The van der Waals surface area contributed by atoms with E-state index in [-0.39, 0.29) is 24.3 Å². The van der Waals surface area contributed by atoms with Gasteiger partial charge in [-0.1, -0.05) is 18.2 Å². The Bertz CT molecular complexity index is 1010. The Kier molecular flexibility index (Phi) is 5.37. The molecule has 0 radical (unpaired) electrons. The number of hydrogen-bond acceptors (Lipinski definition) is 9. The first-order chi connectivity index (χ1) is 14.2. The molecule has 0 spiro atoms. The van der Waals surface area contributed by atoms with E-state index in [1.807, 2.05) is 30.3 Å². The summed E-state index contributed by atoms with van der Waals surface area (Å²) in [4.78, 5) is 24.7. The van der Waals surface area contributed by atoms with Crippen LogP contribution in [0.15, 0.2) is 48.5 Å². The predicted octanol–water partition coefficient (Wildman–Crippen LogP) is 2.72. The number of rotatable bonds is 5. The zero-order valence-electron chi connectivity index (χ0n) is 15.5. The van der Waals surface area contributed by atoms with Crippen molar-refractivity contribution in [1.82, 2.24) is 15.0 Å². The number of hydrogen-bond donors (Lipinski definition) is 2. The molecule has 0 aliphatic carbocycles. The SMILES string of the molecule is Nc1nc(COC(=O)c2ccc3c(c2)OCCCO3)nc(Nc2ccccc2)n1. The second-order valence-electron chi connectivity index (χ2n) is 6.21. The minimum atomic E-state index is -0.530. The molecular weight excluding hydrogens is 374 g/mol. The van der Waals surface area contributed by atoms with E-state index >= 15 is 0 Å². The third-order valence-electron chi connectivity index (χ3n) is 4.04. The molecule has 148 valence electrons. The molecule has 29 heavy (non-hydrogen) atoms. The lowest BCUT2D eigenvalue weighted by Crippen LogP contribution is -2.11. The number of carbonyl (C=O) groups is 1. The molecule has 3 aromatic rings. The number of nitrogens with one attached hydrogen (secondary N) is 1. The summed E-state index contributed by atoms with van der Waals surface area (Å²) in [6, 6.07) is 14.3. The van der Waals surface area contributed by atoms with Gasteiger partial charge in [0.15, 0.2) is 23.9 Å². The lowest BCUT2D eigenvalue weighted by atomic mass is 10.2. The Morgan fingerprint density at radius 1 is 1.03 bits per heavy atom. The van der Waals surface area contributed by atoms with Crippen LogP contribution in [0.5, 0.6) is 11.5 Å². The molecule has 1 aliphatic heterocycles. The van der Waals surface area contributed by atoms with Crippen molar-refractivity contribution < 1.29 is 19.0 Å². The lowest BCUT2D eigenvalue weighted by Gasteiger charge is -2.10. The van der Waals surface area contributed by atoms with Gasteiger partial charge in [-0.3, -0.25) is 0 Å². The number of fused-ring (bicyclic) bond motifs is 1. The number of benzene rings is 2. The van der Waals surface area contributed by atoms with Crippen LogP contribution >= 0.6 is 0 Å². The molecule has 0 atom stereocenters. The molecule has 2 heterocycles. The summed E-state index contributed by atoms with van der Waals surface area (Å²) in [7, 11) is 0. The molecule has 0 unspecified atom stereocenters. The fraction of sp³-hybridized carbons (Fsp3) is 0.200. The van der Waals surface area contributed by atoms with Gasteiger partial charge in [-0.05, 0) is 30.3 Å². The zero-order chi connectivity index (χ0) is 20.1. The van der Waals surface area contributed by atoms with E-state index in [4.69, 9.17) is 19.9 Å². The van der Waals surface area contributed by atoms with Crippen molar-refractivity contribution in [2.75, 3.05) is 24.3 Å². The van der Waals surface area contributed by atoms with Crippen LogP contribution in [0.4, 0.5) is 17.6 Å². The van der Waals surface area contributed by atoms with Gasteiger partial charge in [-0.15, -0.1) is 0 Å². The van der Waals surface area contributed by atoms with Gasteiger partial charge in [0.1, 0.15) is 0 Å². The van der Waals surface area contributed by atoms with E-state index < -0.39 is 5.97 Å². The number of nitrogens with zero attached hydrogens (tertiary/aromatic N) is 3. The van der Waals surface area contributed by atoms with Crippen LogP contribution in [0.2, 0.25) is 0 Å². The summed E-state index contributed by atoms with van der Waals surface area (Å²) in [5, 5.41) is 3.03. The van der Waals surface area contributed by atoms with Crippen molar-refractivity contribution in [2.24, 2.45) is 0 Å². The fourth-order valence-corrected chi connectivity index (χ4v) is 2.71. The molecule has 1 aromatic heterocycles. The molecule has 0 amide bonds. The molecule has 3 N–H and O–H groups in total. The number of anilines is 3. The van der Waals surface area contributed by atoms with Gasteiger partial charge in [-0.2, -0.15) is 15.0 Å². The first-order valence-electron chi connectivity index (χ1n) is 9.07. The number of ether oxygens (including phenoxy) is 3. The maximum atomic E-state index is 12.4. The molecule has 9 heteroatoms. The summed E-state index contributed by atoms with van der Waals surface area (Å²) >= 11 is 0. The third-order valence-corrected chi connectivity index (χ3v) is 4.04. The Morgan fingerprint density at radius 3 is 2.66 bits per heavy atom. The monoisotopic (exact) mass is 393 g/mol. The molecule has 0 saturated carbocycles. The number of carbonyl (C=O) groups excluding carboxylic acids is 1. The highest BCUT2D eigenvalue weighted by molar-refractivity contribution is 5.90. The number of nitrogens with two attached hydrogens (primary N) is 1. The molecule has 2 aromatic carbocycles. The van der Waals surface area contributed by atoms with Crippen LogP contribution in [0, 0.1) is 0 Å². The van der Waals surface area contributed by atoms with Gasteiger partial charge in [0.25, 0.3) is 0 Å². The predicted molar refractivity (Wildman–Crippen MR) is 105 cm³/mol. The normalized spacial score (nSPS) is 12.7. The van der Waals surface area contributed by atoms with Crippen molar-refractivity contribution >= 4 is 23.6 Å². The topological polar surface area (TPSA) is 121 Å². The first kappa shape index (κ1) is 18.5. The maximum absolute atomic E-state index is 12.4. The lowest BCUT2D eigenvalue weighted by molar-refractivity contribution is 0.0461. The number of esters is 1. The van der Waals surface area contributed by atoms with Crippen LogP contribution < -0.4 is 20.5 Å². The third kappa shape index (κ3) is 4.70. The standard InChI is InChI=1S/C20H19N5O4/c21-19-23-17(24-20(25-19)22-14-5-2-1-3-6-14)12-29-18(26)13-7-8-15-16(11-13)28-10-4-9-27-15/h1-3,5-8,11H,4,9-10,12H2,(H3,21,22,23,24,25). The first-order valence-corrected chi connectivity index (χ1v) is 9.07. The van der Waals surface area contributed by atoms with Crippen molar-refractivity contribution in [3.63, 3.8) is 0 Å². The fourth-order valence-electron chi connectivity index (χ4n) is 2.71. The number of para-hydroxylation sites is 1. The average Bonchev–Trinajstić information content (AvgIpc) is 2.97. The zero-order valence-corrected chi connectivity index (χ0v) is 15.5. The summed E-state index contributed by atoms with van der Waals surface area (Å²) in [5.41, 5.74) is 6.89. The van der Waals surface area contributed by atoms with Crippen LogP contribution in [0.1, 0.15) is 22.6 Å². The van der Waals surface area contributed by atoms with Crippen molar-refractivity contribution in [1.29, 1.82) is 0 Å². The molecule has 0 saturated heterocycles. The molecule has 4 rings (SSSR count). The van der Waals surface area contributed by atoms with Crippen molar-refractivity contribution in [3.05, 3.63) is 59.9 Å². The van der Waals surface area contributed by atoms with Crippen molar-refractivity contribution in [3.8, 4) is 11.5 Å². The maximum Gasteiger partial charge on any atom is 0.338 e. The summed E-state index contributed by atoms with van der Waals surface area (Å²) < 4.78 is 16.5. The van der Waals surface area contributed by atoms with Gasteiger partial charge >= 0.3 is 5.97 Å². The number of nitrogen functional groups attached to an aromatic ring is 1. The van der Waals surface area contributed by atoms with Crippen LogP contribution in [0.25, 0.3) is 0 Å². The molecular formula is C20H19N5O4. The van der Waals surface area contributed by atoms with Gasteiger partial charge < -0.3 is 25.3 Å². The van der Waals surface area contributed by atoms with Gasteiger partial charge in [0.05, 0.1) is 18.8 Å². The van der Waals surface area contributed by atoms with E-state index in [1.165, 1.54) is 0 Å². The Hall–Kier alpha value is -3.88. The molecule has 1 aliphatic rings. The van der Waals surface area contributed by atoms with E-state index in [9.17, 15) is 4.79 Å². The van der Waals surface area contributed by atoms with Crippen molar-refractivity contribution in [2.45, 2.75) is 13.0 Å². The number of aromatic nitrogens is 3. The highest BCUT2D eigenvalue weighted by Gasteiger charge is 2.16. The smallest absolute Gasteiger partial charge is 0.338 e. The van der Waals surface area contributed by atoms with Crippen LogP contribution in [-0.4, -0.2) is 34.1 Å². The van der Waals surface area contributed by atoms with Gasteiger partial charge in [0, 0.05) is 12.1 Å².